The zero-order valence-corrected chi connectivity index (χ0v) is 13.3. The highest BCUT2D eigenvalue weighted by Gasteiger charge is 2.40. The standard InChI is InChI=1S/C18H28N2O/c1-3-15(18(19-2)14-8-5-4-6-9-14)20-12-13-21-17-11-7-10-16(17)20/h4-6,8-9,15-19H,3,7,10-13H2,1-2H3. The van der Waals surface area contributed by atoms with Crippen molar-refractivity contribution < 1.29 is 4.74 Å². The second-order valence-electron chi connectivity index (χ2n) is 6.30. The summed E-state index contributed by atoms with van der Waals surface area (Å²) in [6.45, 7) is 4.28. The maximum absolute atomic E-state index is 5.98. The molecule has 116 valence electrons. The van der Waals surface area contributed by atoms with Gasteiger partial charge in [0.15, 0.2) is 0 Å². The molecule has 3 nitrogen and oxygen atoms in total. The van der Waals surface area contributed by atoms with Crippen LogP contribution in [0.2, 0.25) is 0 Å². The molecule has 1 heterocycles. The van der Waals surface area contributed by atoms with Gasteiger partial charge in [-0.3, -0.25) is 4.90 Å². The largest absolute Gasteiger partial charge is 0.375 e. The molecule has 1 aliphatic heterocycles. The van der Waals surface area contributed by atoms with Crippen LogP contribution in [0.3, 0.4) is 0 Å². The number of hydrogen-bond acceptors (Lipinski definition) is 3. The predicted molar refractivity (Wildman–Crippen MR) is 86.4 cm³/mol. The van der Waals surface area contributed by atoms with E-state index in [0.717, 1.165) is 13.2 Å². The topological polar surface area (TPSA) is 24.5 Å². The molecule has 0 amide bonds. The highest BCUT2D eigenvalue weighted by Crippen LogP contribution is 2.34. The lowest BCUT2D eigenvalue weighted by atomic mass is 9.93. The Morgan fingerprint density at radius 2 is 2.10 bits per heavy atom. The number of fused-ring (bicyclic) bond motifs is 1. The number of nitrogens with one attached hydrogen (secondary N) is 1. The van der Waals surface area contributed by atoms with Crippen molar-refractivity contribution in [3.63, 3.8) is 0 Å². The maximum atomic E-state index is 5.98. The molecular formula is C18H28N2O. The molecule has 1 aliphatic carbocycles. The van der Waals surface area contributed by atoms with Crippen molar-refractivity contribution in [2.45, 2.75) is 56.8 Å². The Labute approximate surface area is 128 Å². The molecule has 1 saturated carbocycles. The third-order valence-electron chi connectivity index (χ3n) is 5.22. The van der Waals surface area contributed by atoms with Crippen molar-refractivity contribution in [2.24, 2.45) is 0 Å². The Hall–Kier alpha value is -0.900. The van der Waals surface area contributed by atoms with Crippen LogP contribution in [0.5, 0.6) is 0 Å². The smallest absolute Gasteiger partial charge is 0.0731 e. The Kier molecular flexibility index (Phi) is 4.94. The third kappa shape index (κ3) is 3.01. The van der Waals surface area contributed by atoms with E-state index in [4.69, 9.17) is 4.74 Å². The van der Waals surface area contributed by atoms with E-state index in [1.54, 1.807) is 0 Å². The molecule has 1 N–H and O–H groups in total. The molecule has 3 heteroatoms. The Bertz CT molecular complexity index is 436. The highest BCUT2D eigenvalue weighted by molar-refractivity contribution is 5.21. The van der Waals surface area contributed by atoms with Crippen molar-refractivity contribution in [2.75, 3.05) is 20.2 Å². The van der Waals surface area contributed by atoms with Gasteiger partial charge in [-0.2, -0.15) is 0 Å². The SMILES string of the molecule is CCC(C(NC)c1ccccc1)N1CCOC2CCCC21. The van der Waals surface area contributed by atoms with Gasteiger partial charge in [-0.25, -0.2) is 0 Å². The summed E-state index contributed by atoms with van der Waals surface area (Å²) in [5, 5.41) is 3.56. The number of morpholine rings is 1. The van der Waals surface area contributed by atoms with Crippen LogP contribution in [-0.4, -0.2) is 43.3 Å². The van der Waals surface area contributed by atoms with Crippen molar-refractivity contribution in [3.05, 3.63) is 35.9 Å². The van der Waals surface area contributed by atoms with Crippen molar-refractivity contribution in [1.82, 2.24) is 10.2 Å². The number of nitrogens with zero attached hydrogens (tertiary/aromatic N) is 1. The lowest BCUT2D eigenvalue weighted by Crippen LogP contribution is -2.56. The molecule has 3 rings (SSSR count). The van der Waals surface area contributed by atoms with E-state index >= 15 is 0 Å². The molecule has 0 spiro atoms. The van der Waals surface area contributed by atoms with E-state index < -0.39 is 0 Å². The summed E-state index contributed by atoms with van der Waals surface area (Å²) in [6, 6.07) is 12.4. The number of ether oxygens (including phenoxy) is 1. The monoisotopic (exact) mass is 288 g/mol. The molecule has 4 atom stereocenters. The van der Waals surface area contributed by atoms with Crippen molar-refractivity contribution in [1.29, 1.82) is 0 Å². The van der Waals surface area contributed by atoms with Gasteiger partial charge in [-0.05, 0) is 38.3 Å². The Balaban J connectivity index is 1.82. The fourth-order valence-electron chi connectivity index (χ4n) is 4.27. The van der Waals surface area contributed by atoms with Crippen molar-refractivity contribution >= 4 is 0 Å². The average Bonchev–Trinajstić information content (AvgIpc) is 3.02. The quantitative estimate of drug-likeness (QED) is 0.901. The minimum atomic E-state index is 0.399. The van der Waals surface area contributed by atoms with Gasteiger partial charge in [0.05, 0.1) is 12.7 Å². The van der Waals surface area contributed by atoms with Crippen LogP contribution in [0.15, 0.2) is 30.3 Å². The van der Waals surface area contributed by atoms with Crippen LogP contribution in [0.1, 0.15) is 44.2 Å². The molecule has 2 fully saturated rings. The van der Waals surface area contributed by atoms with Gasteiger partial charge in [0.1, 0.15) is 0 Å². The van der Waals surface area contributed by atoms with E-state index in [2.05, 4.69) is 54.5 Å². The van der Waals surface area contributed by atoms with E-state index in [-0.39, 0.29) is 0 Å². The van der Waals surface area contributed by atoms with Gasteiger partial charge < -0.3 is 10.1 Å². The molecule has 1 saturated heterocycles. The second-order valence-corrected chi connectivity index (χ2v) is 6.30. The third-order valence-corrected chi connectivity index (χ3v) is 5.22. The van der Waals surface area contributed by atoms with E-state index in [0.29, 0.717) is 24.2 Å². The summed E-state index contributed by atoms with van der Waals surface area (Å²) in [5.41, 5.74) is 1.40. The maximum Gasteiger partial charge on any atom is 0.0731 e. The molecule has 0 radical (unpaired) electrons. The molecule has 21 heavy (non-hydrogen) atoms. The minimum Gasteiger partial charge on any atom is -0.375 e. The fraction of sp³-hybridized carbons (Fsp3) is 0.667. The second kappa shape index (κ2) is 6.91. The number of benzene rings is 1. The molecule has 0 bridgehead atoms. The van der Waals surface area contributed by atoms with Gasteiger partial charge in [-0.1, -0.05) is 37.3 Å². The van der Waals surface area contributed by atoms with E-state index in [9.17, 15) is 0 Å². The minimum absolute atomic E-state index is 0.399. The zero-order chi connectivity index (χ0) is 14.7. The van der Waals surface area contributed by atoms with Crippen molar-refractivity contribution in [3.8, 4) is 0 Å². The van der Waals surface area contributed by atoms with Crippen LogP contribution in [0, 0.1) is 0 Å². The molecule has 4 unspecified atom stereocenters. The number of hydrogen-bond donors (Lipinski definition) is 1. The van der Waals surface area contributed by atoms with Gasteiger partial charge in [-0.15, -0.1) is 0 Å². The normalized spacial score (nSPS) is 29.0. The summed E-state index contributed by atoms with van der Waals surface area (Å²) in [5.74, 6) is 0. The zero-order valence-electron chi connectivity index (χ0n) is 13.3. The first-order valence-electron chi connectivity index (χ1n) is 8.44. The van der Waals surface area contributed by atoms with E-state index in [1.165, 1.54) is 31.2 Å². The van der Waals surface area contributed by atoms with Gasteiger partial charge >= 0.3 is 0 Å². The molecule has 2 aliphatic rings. The highest BCUT2D eigenvalue weighted by atomic mass is 16.5. The van der Waals surface area contributed by atoms with Crippen LogP contribution >= 0.6 is 0 Å². The van der Waals surface area contributed by atoms with Gasteiger partial charge in [0.2, 0.25) is 0 Å². The first-order chi connectivity index (χ1) is 10.3. The molecule has 0 aromatic heterocycles. The predicted octanol–water partition coefficient (Wildman–Crippen LogP) is 2.98. The lowest BCUT2D eigenvalue weighted by Gasteiger charge is -2.45. The molecular weight excluding hydrogens is 260 g/mol. The summed E-state index contributed by atoms with van der Waals surface area (Å²) < 4.78 is 5.98. The first-order valence-corrected chi connectivity index (χ1v) is 8.44. The van der Waals surface area contributed by atoms with Crippen LogP contribution in [0.25, 0.3) is 0 Å². The number of likely N-dealkylation sites (N-methyl/N-ethyl adjacent to an activating group) is 1. The van der Waals surface area contributed by atoms with Gasteiger partial charge in [0.25, 0.3) is 0 Å². The summed E-state index contributed by atoms with van der Waals surface area (Å²) in [7, 11) is 2.09. The average molecular weight is 288 g/mol. The summed E-state index contributed by atoms with van der Waals surface area (Å²) in [6.07, 6.45) is 5.50. The summed E-state index contributed by atoms with van der Waals surface area (Å²) in [4.78, 5) is 2.73. The first kappa shape index (κ1) is 15.0. The lowest BCUT2D eigenvalue weighted by molar-refractivity contribution is -0.0774. The van der Waals surface area contributed by atoms with Crippen LogP contribution < -0.4 is 5.32 Å². The van der Waals surface area contributed by atoms with Gasteiger partial charge in [0, 0.05) is 24.7 Å². The molecule has 1 aromatic rings. The van der Waals surface area contributed by atoms with Crippen LogP contribution in [0.4, 0.5) is 0 Å². The number of rotatable bonds is 5. The fourth-order valence-corrected chi connectivity index (χ4v) is 4.27. The molecule has 1 aromatic carbocycles. The Morgan fingerprint density at radius 3 is 2.81 bits per heavy atom. The van der Waals surface area contributed by atoms with E-state index in [1.807, 2.05) is 0 Å². The Morgan fingerprint density at radius 1 is 1.29 bits per heavy atom. The summed E-state index contributed by atoms with van der Waals surface area (Å²) >= 11 is 0. The van der Waals surface area contributed by atoms with Crippen LogP contribution in [-0.2, 0) is 4.74 Å².